The molecule has 0 fully saturated rings. The van der Waals surface area contributed by atoms with Crippen LogP contribution in [0.3, 0.4) is 0 Å². The van der Waals surface area contributed by atoms with Gasteiger partial charge in [0.25, 0.3) is 7.82 Å². The largest absolute Gasteiger partial charge is 0.756 e. The number of carbonyl (C=O) groups excluding carboxylic acids is 1. The van der Waals surface area contributed by atoms with Crippen molar-refractivity contribution in [3.63, 3.8) is 0 Å². The second-order valence-electron chi connectivity index (χ2n) is 19.2. The van der Waals surface area contributed by atoms with Crippen LogP contribution in [0.2, 0.25) is 0 Å². The van der Waals surface area contributed by atoms with Gasteiger partial charge in [-0.2, -0.15) is 0 Å². The number of phosphoric ester groups is 1. The van der Waals surface area contributed by atoms with E-state index in [0.29, 0.717) is 23.9 Å². The Hall–Kier alpha value is -2.32. The summed E-state index contributed by atoms with van der Waals surface area (Å²) < 4.78 is 23.4. The third-order valence-corrected chi connectivity index (χ3v) is 12.6. The van der Waals surface area contributed by atoms with Crippen LogP contribution in [0.4, 0.5) is 0 Å². The molecule has 3 atom stereocenters. The van der Waals surface area contributed by atoms with E-state index in [1.165, 1.54) is 103 Å². The van der Waals surface area contributed by atoms with Crippen molar-refractivity contribution in [1.82, 2.24) is 5.32 Å². The van der Waals surface area contributed by atoms with Gasteiger partial charge in [-0.15, -0.1) is 0 Å². The number of aliphatic hydroxyl groups is 1. The van der Waals surface area contributed by atoms with Crippen molar-refractivity contribution in [2.24, 2.45) is 0 Å². The predicted octanol–water partition coefficient (Wildman–Crippen LogP) is 15.5. The minimum Gasteiger partial charge on any atom is -0.756 e. The van der Waals surface area contributed by atoms with Crippen molar-refractivity contribution in [3.8, 4) is 0 Å². The van der Waals surface area contributed by atoms with E-state index in [-0.39, 0.29) is 19.1 Å². The van der Waals surface area contributed by atoms with Crippen LogP contribution in [-0.2, 0) is 18.4 Å². The van der Waals surface area contributed by atoms with Gasteiger partial charge in [0.1, 0.15) is 13.2 Å². The molecular weight excluding hydrogens is 840 g/mol. The minimum absolute atomic E-state index is 0.000903. The van der Waals surface area contributed by atoms with E-state index in [1.807, 2.05) is 21.1 Å². The maximum Gasteiger partial charge on any atom is 0.268 e. The van der Waals surface area contributed by atoms with Crippen molar-refractivity contribution < 1.29 is 32.9 Å². The molecule has 0 aliphatic carbocycles. The van der Waals surface area contributed by atoms with Gasteiger partial charge in [0, 0.05) is 6.42 Å². The second kappa shape index (κ2) is 47.7. The Morgan fingerprint density at radius 3 is 1.33 bits per heavy atom. The maximum absolute atomic E-state index is 13.0. The number of rotatable bonds is 48. The van der Waals surface area contributed by atoms with Crippen molar-refractivity contribution in [2.75, 3.05) is 40.9 Å². The van der Waals surface area contributed by atoms with E-state index >= 15 is 0 Å². The molecule has 0 spiro atoms. The van der Waals surface area contributed by atoms with Crippen LogP contribution in [0.5, 0.6) is 0 Å². The molecule has 0 aromatic carbocycles. The highest BCUT2D eigenvalue weighted by Gasteiger charge is 2.24. The third kappa shape index (κ3) is 49.6. The molecule has 0 bridgehead atoms. The Kier molecular flexibility index (Phi) is 46.1. The van der Waals surface area contributed by atoms with Crippen molar-refractivity contribution in [3.05, 3.63) is 85.1 Å². The monoisotopic (exact) mass is 943 g/mol. The van der Waals surface area contributed by atoms with E-state index in [9.17, 15) is 19.4 Å². The van der Waals surface area contributed by atoms with Crippen LogP contribution < -0.4 is 10.2 Å². The maximum atomic E-state index is 13.0. The zero-order valence-electron chi connectivity index (χ0n) is 43.4. The summed E-state index contributed by atoms with van der Waals surface area (Å²) in [6.45, 7) is 4.58. The fourth-order valence-corrected chi connectivity index (χ4v) is 8.15. The fraction of sp³-hybridized carbons (Fsp3) is 0.737. The average Bonchev–Trinajstić information content (AvgIpc) is 3.28. The van der Waals surface area contributed by atoms with Crippen LogP contribution in [0.25, 0.3) is 0 Å². The van der Waals surface area contributed by atoms with Crippen molar-refractivity contribution in [1.29, 1.82) is 0 Å². The molecule has 0 aliphatic rings. The summed E-state index contributed by atoms with van der Waals surface area (Å²) in [7, 11) is 1.27. The molecule has 3 unspecified atom stereocenters. The molecule has 0 saturated heterocycles. The summed E-state index contributed by atoms with van der Waals surface area (Å²) in [6.07, 6.45) is 66.0. The third-order valence-electron chi connectivity index (χ3n) is 11.6. The number of phosphoric acid groups is 1. The lowest BCUT2D eigenvalue weighted by molar-refractivity contribution is -0.870. The van der Waals surface area contributed by atoms with Gasteiger partial charge < -0.3 is 28.8 Å². The molecule has 0 aromatic heterocycles. The molecule has 0 heterocycles. The van der Waals surface area contributed by atoms with Gasteiger partial charge in [-0.05, 0) is 70.6 Å². The Labute approximate surface area is 407 Å². The molecule has 8 nitrogen and oxygen atoms in total. The Balaban J connectivity index is 4.34. The SMILES string of the molecule is CC/C=C\C/C=C\C/C=C\C/C=C\C/C=C\C/C=C\C/C=C\CCCCCC(=O)NC(COP(=O)([O-])OCC[N+](C)(C)C)C(O)CCCCCCCCCCCCCCCCCCCCC. The normalized spacial score (nSPS) is 14.7. The topological polar surface area (TPSA) is 108 Å². The lowest BCUT2D eigenvalue weighted by Gasteiger charge is -2.30. The first-order valence-electron chi connectivity index (χ1n) is 26.9. The van der Waals surface area contributed by atoms with Crippen LogP contribution in [0.15, 0.2) is 85.1 Å². The molecule has 0 saturated carbocycles. The van der Waals surface area contributed by atoms with Crippen LogP contribution in [0, 0.1) is 0 Å². The van der Waals surface area contributed by atoms with Crippen molar-refractivity contribution in [2.45, 2.75) is 231 Å². The quantitative estimate of drug-likeness (QED) is 0.0272. The van der Waals surface area contributed by atoms with E-state index in [0.717, 1.165) is 89.9 Å². The van der Waals surface area contributed by atoms with Gasteiger partial charge in [0.05, 0.1) is 39.9 Å². The summed E-state index contributed by atoms with van der Waals surface area (Å²) in [5.74, 6) is -0.198. The molecule has 382 valence electrons. The van der Waals surface area contributed by atoms with E-state index < -0.39 is 20.0 Å². The van der Waals surface area contributed by atoms with Crippen LogP contribution in [0.1, 0.15) is 219 Å². The van der Waals surface area contributed by atoms with Gasteiger partial charge in [-0.25, -0.2) is 0 Å². The first kappa shape index (κ1) is 63.7. The van der Waals surface area contributed by atoms with Gasteiger partial charge in [-0.3, -0.25) is 9.36 Å². The number of nitrogens with zero attached hydrogens (tertiary/aromatic N) is 1. The number of amides is 1. The van der Waals surface area contributed by atoms with Crippen LogP contribution in [-0.4, -0.2) is 68.5 Å². The Morgan fingerprint density at radius 1 is 0.545 bits per heavy atom. The summed E-state index contributed by atoms with van der Waals surface area (Å²) in [6, 6.07) is -0.825. The molecule has 0 rings (SSSR count). The summed E-state index contributed by atoms with van der Waals surface area (Å²) in [5, 5.41) is 14.0. The zero-order valence-corrected chi connectivity index (χ0v) is 44.3. The number of hydrogen-bond donors (Lipinski definition) is 2. The molecule has 9 heteroatoms. The summed E-state index contributed by atoms with van der Waals surface area (Å²) in [4.78, 5) is 25.5. The van der Waals surface area contributed by atoms with Gasteiger partial charge in [-0.1, -0.05) is 227 Å². The molecule has 66 heavy (non-hydrogen) atoms. The highest BCUT2D eigenvalue weighted by atomic mass is 31.2. The number of quaternary nitrogens is 1. The first-order valence-corrected chi connectivity index (χ1v) is 28.4. The van der Waals surface area contributed by atoms with Crippen molar-refractivity contribution >= 4 is 13.7 Å². The predicted molar refractivity (Wildman–Crippen MR) is 283 cm³/mol. The van der Waals surface area contributed by atoms with Crippen LogP contribution >= 0.6 is 7.82 Å². The standard InChI is InChI=1S/C57H103N2O6P/c1-6-8-10-12-14-16-18-20-22-24-26-27-28-29-30-31-33-35-37-39-41-43-45-47-49-51-57(61)58-55(54-65-66(62,63)64-53-52-59(3,4)5)56(60)50-48-46-44-42-40-38-36-34-32-25-23-21-19-17-15-13-11-9-7-2/h8,10,14,16,20,22,26-27,29-30,33,35,39,41,55-56,60H,6-7,9,11-13,15,17-19,21,23-25,28,31-32,34,36-38,40,42-54H2,1-5H3,(H-,58,61,62,63)/b10-8-,16-14-,22-20-,27-26-,30-29-,35-33-,41-39-. The highest BCUT2D eigenvalue weighted by molar-refractivity contribution is 7.45. The summed E-state index contributed by atoms with van der Waals surface area (Å²) >= 11 is 0. The minimum atomic E-state index is -4.59. The van der Waals surface area contributed by atoms with E-state index in [2.05, 4.69) is 104 Å². The van der Waals surface area contributed by atoms with E-state index in [4.69, 9.17) is 9.05 Å². The number of allylic oxidation sites excluding steroid dienone is 14. The number of aliphatic hydroxyl groups excluding tert-OH is 1. The molecule has 0 aliphatic heterocycles. The lowest BCUT2D eigenvalue weighted by atomic mass is 10.0. The number of carbonyl (C=O) groups is 1. The average molecular weight is 943 g/mol. The number of nitrogens with one attached hydrogen (secondary N) is 1. The molecular formula is C57H103N2O6P. The highest BCUT2D eigenvalue weighted by Crippen LogP contribution is 2.38. The zero-order chi connectivity index (χ0) is 48.5. The molecule has 1 amide bonds. The van der Waals surface area contributed by atoms with E-state index in [1.54, 1.807) is 0 Å². The van der Waals surface area contributed by atoms with Gasteiger partial charge >= 0.3 is 0 Å². The molecule has 0 radical (unpaired) electrons. The van der Waals surface area contributed by atoms with Gasteiger partial charge in [0.15, 0.2) is 0 Å². The summed E-state index contributed by atoms with van der Waals surface area (Å²) in [5.41, 5.74) is 0. The number of hydrogen-bond acceptors (Lipinski definition) is 6. The smallest absolute Gasteiger partial charge is 0.268 e. The first-order chi connectivity index (χ1) is 32.0. The second-order valence-corrected chi connectivity index (χ2v) is 20.6. The number of likely N-dealkylation sites (N-methyl/N-ethyl adjacent to an activating group) is 1. The Bertz CT molecular complexity index is 1350. The Morgan fingerprint density at radius 2 is 0.924 bits per heavy atom. The fourth-order valence-electron chi connectivity index (χ4n) is 7.43. The van der Waals surface area contributed by atoms with Gasteiger partial charge in [0.2, 0.25) is 5.91 Å². The number of unbranched alkanes of at least 4 members (excludes halogenated alkanes) is 21. The molecule has 2 N–H and O–H groups in total. The lowest BCUT2D eigenvalue weighted by Crippen LogP contribution is -2.46. The molecule has 0 aromatic rings.